The van der Waals surface area contributed by atoms with Crippen molar-refractivity contribution in [1.29, 1.82) is 0 Å². The standard InChI is InChI=1S/C23H21N3O4.Na.H/c27-21(24-17-12-6-10-15-9-4-5-11-16(15)17)18(13-14-7-2-1-3-8-14)25-22(28)19-20(26-19)23(29)30;;/h1-12,18-20,26H,13H2,(H,24,27)(H,25,28)(H,29,30);;/q;+1;-1/t18-,19-,20-;;/m0../s1. The molecule has 2 amide bonds. The molecule has 1 aliphatic rings. The fraction of sp³-hybridized carbons (Fsp3) is 0.174. The van der Waals surface area contributed by atoms with Crippen LogP contribution in [0.5, 0.6) is 0 Å². The molecule has 0 spiro atoms. The molecule has 0 aromatic heterocycles. The van der Waals surface area contributed by atoms with E-state index in [1.165, 1.54) is 0 Å². The molecule has 0 radical (unpaired) electrons. The number of benzene rings is 3. The van der Waals surface area contributed by atoms with Gasteiger partial charge in [0, 0.05) is 17.5 Å². The number of aliphatic carboxylic acids is 1. The molecule has 154 valence electrons. The Morgan fingerprint density at radius 2 is 1.61 bits per heavy atom. The number of nitrogens with one attached hydrogen (secondary N) is 3. The molecular weight excluding hydrogens is 405 g/mol. The van der Waals surface area contributed by atoms with Crippen molar-refractivity contribution in [3.05, 3.63) is 78.4 Å². The predicted molar refractivity (Wildman–Crippen MR) is 114 cm³/mol. The van der Waals surface area contributed by atoms with Gasteiger partial charge >= 0.3 is 35.5 Å². The number of hydrogen-bond donors (Lipinski definition) is 4. The van der Waals surface area contributed by atoms with Gasteiger partial charge in [0.15, 0.2) is 0 Å². The fourth-order valence-electron chi connectivity index (χ4n) is 3.45. The molecular formula is C23H22N3NaO4. The van der Waals surface area contributed by atoms with Crippen LogP contribution in [-0.2, 0) is 20.8 Å². The first-order chi connectivity index (χ1) is 14.5. The van der Waals surface area contributed by atoms with Crippen molar-refractivity contribution in [2.75, 3.05) is 5.32 Å². The zero-order chi connectivity index (χ0) is 21.1. The van der Waals surface area contributed by atoms with Crippen LogP contribution < -0.4 is 45.5 Å². The summed E-state index contributed by atoms with van der Waals surface area (Å²) in [6, 6.07) is 20.1. The van der Waals surface area contributed by atoms with Crippen LogP contribution in [-0.4, -0.2) is 41.0 Å². The third-order valence-electron chi connectivity index (χ3n) is 5.09. The van der Waals surface area contributed by atoms with Crippen LogP contribution in [0, 0.1) is 0 Å². The number of fused-ring (bicyclic) bond motifs is 1. The van der Waals surface area contributed by atoms with Crippen LogP contribution >= 0.6 is 0 Å². The topological polar surface area (TPSA) is 117 Å². The Bertz CT molecular complexity index is 1110. The van der Waals surface area contributed by atoms with Gasteiger partial charge in [0.1, 0.15) is 18.1 Å². The molecule has 7 nitrogen and oxygen atoms in total. The molecule has 1 fully saturated rings. The maximum atomic E-state index is 13.1. The Morgan fingerprint density at radius 1 is 0.935 bits per heavy atom. The van der Waals surface area contributed by atoms with Crippen LogP contribution in [0.4, 0.5) is 5.69 Å². The third kappa shape index (κ3) is 5.51. The van der Waals surface area contributed by atoms with Crippen molar-refractivity contribution in [1.82, 2.24) is 10.6 Å². The fourth-order valence-corrected chi connectivity index (χ4v) is 3.45. The van der Waals surface area contributed by atoms with Gasteiger partial charge in [-0.2, -0.15) is 0 Å². The van der Waals surface area contributed by atoms with E-state index in [2.05, 4.69) is 16.0 Å². The number of carboxylic acids is 1. The molecule has 3 atom stereocenters. The maximum absolute atomic E-state index is 13.1. The maximum Gasteiger partial charge on any atom is 1.00 e. The Hall–Kier alpha value is -2.71. The van der Waals surface area contributed by atoms with Gasteiger partial charge in [-0.25, -0.2) is 0 Å². The largest absolute Gasteiger partial charge is 1.00 e. The summed E-state index contributed by atoms with van der Waals surface area (Å²) in [6.45, 7) is 0. The summed E-state index contributed by atoms with van der Waals surface area (Å²) < 4.78 is 0. The zero-order valence-electron chi connectivity index (χ0n) is 18.0. The summed E-state index contributed by atoms with van der Waals surface area (Å²) in [4.78, 5) is 36.6. The molecule has 3 aromatic rings. The van der Waals surface area contributed by atoms with E-state index in [0.29, 0.717) is 5.69 Å². The van der Waals surface area contributed by atoms with Crippen molar-refractivity contribution >= 4 is 34.2 Å². The van der Waals surface area contributed by atoms with E-state index in [1.807, 2.05) is 72.8 Å². The Morgan fingerprint density at radius 3 is 2.32 bits per heavy atom. The molecule has 0 bridgehead atoms. The minimum absolute atomic E-state index is 0. The van der Waals surface area contributed by atoms with Crippen LogP contribution in [0.1, 0.15) is 6.99 Å². The number of hydrogen-bond acceptors (Lipinski definition) is 4. The number of carbonyl (C=O) groups excluding carboxylic acids is 2. The smallest absolute Gasteiger partial charge is 1.00 e. The van der Waals surface area contributed by atoms with E-state index < -0.39 is 30.0 Å². The average Bonchev–Trinajstić information content (AvgIpc) is 3.56. The van der Waals surface area contributed by atoms with Gasteiger partial charge in [-0.3, -0.25) is 19.7 Å². The molecule has 1 heterocycles. The number of carbonyl (C=O) groups is 3. The van der Waals surface area contributed by atoms with Gasteiger partial charge in [-0.05, 0) is 17.0 Å². The average molecular weight is 427 g/mol. The SMILES string of the molecule is O=C(Nc1cccc2ccccc12)[C@H](Cc1ccccc1)NC(=O)[C@H]1N[C@@H]1C(=O)O.[H-].[Na+]. The third-order valence-corrected chi connectivity index (χ3v) is 5.09. The van der Waals surface area contributed by atoms with Crippen molar-refractivity contribution in [2.24, 2.45) is 0 Å². The molecule has 31 heavy (non-hydrogen) atoms. The van der Waals surface area contributed by atoms with Gasteiger partial charge < -0.3 is 17.2 Å². The second kappa shape index (κ2) is 10.1. The Kier molecular flexibility index (Phi) is 7.46. The second-order valence-corrected chi connectivity index (χ2v) is 7.23. The monoisotopic (exact) mass is 427 g/mol. The minimum Gasteiger partial charge on any atom is -1.00 e. The molecule has 0 aliphatic carbocycles. The number of amides is 2. The molecule has 8 heteroatoms. The van der Waals surface area contributed by atoms with E-state index in [4.69, 9.17) is 5.11 Å². The van der Waals surface area contributed by atoms with Crippen molar-refractivity contribution < 1.29 is 50.5 Å². The molecule has 1 aliphatic heterocycles. The van der Waals surface area contributed by atoms with Crippen LogP contribution in [0.15, 0.2) is 72.8 Å². The first kappa shape index (κ1) is 23.0. The first-order valence-corrected chi connectivity index (χ1v) is 9.65. The summed E-state index contributed by atoms with van der Waals surface area (Å²) >= 11 is 0. The predicted octanol–water partition coefficient (Wildman–Crippen LogP) is -0.953. The van der Waals surface area contributed by atoms with Gasteiger partial charge in [0.25, 0.3) is 0 Å². The second-order valence-electron chi connectivity index (χ2n) is 7.23. The van der Waals surface area contributed by atoms with Gasteiger partial charge in [0.05, 0.1) is 0 Å². The van der Waals surface area contributed by atoms with Crippen molar-refractivity contribution in [3.8, 4) is 0 Å². The van der Waals surface area contributed by atoms with Gasteiger partial charge in [-0.1, -0.05) is 66.7 Å². The van der Waals surface area contributed by atoms with Crippen molar-refractivity contribution in [2.45, 2.75) is 24.5 Å². The molecule has 4 N–H and O–H groups in total. The Labute approximate surface area is 203 Å². The Balaban J connectivity index is 0.00000181. The number of anilines is 1. The molecule has 1 saturated heterocycles. The van der Waals surface area contributed by atoms with E-state index >= 15 is 0 Å². The van der Waals surface area contributed by atoms with Crippen LogP contribution in [0.3, 0.4) is 0 Å². The number of carboxylic acid groups (broad SMARTS) is 1. The van der Waals surface area contributed by atoms with Crippen LogP contribution in [0.25, 0.3) is 10.8 Å². The molecule has 0 saturated carbocycles. The molecule has 0 unspecified atom stereocenters. The van der Waals surface area contributed by atoms with E-state index in [9.17, 15) is 14.4 Å². The summed E-state index contributed by atoms with van der Waals surface area (Å²) in [5.41, 5.74) is 1.53. The summed E-state index contributed by atoms with van der Waals surface area (Å²) in [5.74, 6) is -1.96. The summed E-state index contributed by atoms with van der Waals surface area (Å²) in [6.07, 6.45) is 0.285. The summed E-state index contributed by atoms with van der Waals surface area (Å²) in [5, 5.41) is 19.1. The molecule has 4 rings (SSSR count). The van der Waals surface area contributed by atoms with Crippen LogP contribution in [0.2, 0.25) is 0 Å². The van der Waals surface area contributed by atoms with E-state index in [-0.39, 0.29) is 43.3 Å². The van der Waals surface area contributed by atoms with E-state index in [0.717, 1.165) is 16.3 Å². The van der Waals surface area contributed by atoms with Gasteiger partial charge in [0.2, 0.25) is 11.8 Å². The quantitative estimate of drug-likeness (QED) is 0.287. The summed E-state index contributed by atoms with van der Waals surface area (Å²) in [7, 11) is 0. The minimum atomic E-state index is -1.09. The van der Waals surface area contributed by atoms with Gasteiger partial charge in [-0.15, -0.1) is 0 Å². The molecule has 3 aromatic carbocycles. The number of rotatable bonds is 7. The first-order valence-electron chi connectivity index (χ1n) is 9.65. The normalized spacial score (nSPS) is 17.8. The van der Waals surface area contributed by atoms with Crippen molar-refractivity contribution in [3.63, 3.8) is 0 Å². The zero-order valence-corrected chi connectivity index (χ0v) is 19.0. The van der Waals surface area contributed by atoms with E-state index in [1.54, 1.807) is 0 Å².